The van der Waals surface area contributed by atoms with Crippen molar-refractivity contribution in [3.05, 3.63) is 34.9 Å². The van der Waals surface area contributed by atoms with Gasteiger partial charge in [0.05, 0.1) is 11.3 Å². The molecule has 0 N–H and O–H groups in total. The molecule has 0 aromatic heterocycles. The van der Waals surface area contributed by atoms with Crippen LogP contribution in [0.15, 0.2) is 18.2 Å². The molecule has 0 spiro atoms. The second-order valence-electron chi connectivity index (χ2n) is 6.41. The molecule has 1 atom stereocenters. The lowest BCUT2D eigenvalue weighted by Crippen LogP contribution is -2.41. The van der Waals surface area contributed by atoms with Gasteiger partial charge in [-0.2, -0.15) is 4.31 Å². The first-order chi connectivity index (χ1) is 10.5. The van der Waals surface area contributed by atoms with E-state index in [-0.39, 0.29) is 11.3 Å². The van der Waals surface area contributed by atoms with Crippen LogP contribution in [0.2, 0.25) is 0 Å². The van der Waals surface area contributed by atoms with Gasteiger partial charge in [-0.3, -0.25) is 0 Å². The molecule has 122 valence electrons. The largest absolute Gasteiger partial charge is 0.381 e. The fraction of sp³-hybridized carbons (Fsp3) is 0.647. The van der Waals surface area contributed by atoms with Gasteiger partial charge in [0.1, 0.15) is 0 Å². The zero-order valence-electron chi connectivity index (χ0n) is 13.4. The number of sulfonamides is 1. The number of nitrogens with zero attached hydrogens (tertiary/aromatic N) is 1. The molecule has 1 aromatic carbocycles. The van der Waals surface area contributed by atoms with E-state index in [1.54, 1.807) is 4.31 Å². The molecule has 1 aromatic rings. The number of hydrogen-bond donors (Lipinski definition) is 0. The molecule has 2 heterocycles. The predicted molar refractivity (Wildman–Crippen MR) is 87.4 cm³/mol. The van der Waals surface area contributed by atoms with Gasteiger partial charge in [0, 0.05) is 19.8 Å². The summed E-state index contributed by atoms with van der Waals surface area (Å²) in [5, 5.41) is -0.271. The number of rotatable bonds is 3. The maximum absolute atomic E-state index is 13.0. The Kier molecular flexibility index (Phi) is 4.57. The summed E-state index contributed by atoms with van der Waals surface area (Å²) in [7, 11) is -3.24. The van der Waals surface area contributed by atoms with E-state index < -0.39 is 10.0 Å². The molecule has 0 unspecified atom stereocenters. The van der Waals surface area contributed by atoms with Crippen LogP contribution >= 0.6 is 0 Å². The highest BCUT2D eigenvalue weighted by molar-refractivity contribution is 7.89. The Morgan fingerprint density at radius 2 is 1.86 bits per heavy atom. The minimum absolute atomic E-state index is 0.00717. The predicted octanol–water partition coefficient (Wildman–Crippen LogP) is 2.95. The summed E-state index contributed by atoms with van der Waals surface area (Å²) in [6.45, 7) is 5.96. The Morgan fingerprint density at radius 3 is 2.59 bits per heavy atom. The van der Waals surface area contributed by atoms with Crippen molar-refractivity contribution in [3.8, 4) is 0 Å². The van der Waals surface area contributed by atoms with Crippen LogP contribution in [0.25, 0.3) is 0 Å². The number of ether oxygens (including phenoxy) is 1. The van der Waals surface area contributed by atoms with Gasteiger partial charge in [-0.15, -0.1) is 0 Å². The van der Waals surface area contributed by atoms with Gasteiger partial charge >= 0.3 is 0 Å². The van der Waals surface area contributed by atoms with Crippen LogP contribution < -0.4 is 0 Å². The van der Waals surface area contributed by atoms with Crippen molar-refractivity contribution < 1.29 is 13.2 Å². The molecular weight excluding hydrogens is 298 g/mol. The zero-order valence-corrected chi connectivity index (χ0v) is 14.2. The lowest BCUT2D eigenvalue weighted by atomic mass is 9.97. The summed E-state index contributed by atoms with van der Waals surface area (Å²) >= 11 is 0. The van der Waals surface area contributed by atoms with Gasteiger partial charge in [0.15, 0.2) is 0 Å². The Labute approximate surface area is 133 Å². The second-order valence-corrected chi connectivity index (χ2v) is 8.58. The molecule has 0 amide bonds. The first-order valence-corrected chi connectivity index (χ1v) is 9.66. The van der Waals surface area contributed by atoms with Crippen molar-refractivity contribution in [1.29, 1.82) is 0 Å². The monoisotopic (exact) mass is 323 g/mol. The summed E-state index contributed by atoms with van der Waals surface area (Å²) < 4.78 is 33.2. The van der Waals surface area contributed by atoms with Crippen LogP contribution in [0.4, 0.5) is 0 Å². The normalized spacial score (nSPS) is 24.7. The van der Waals surface area contributed by atoms with Crippen LogP contribution in [-0.4, -0.2) is 37.7 Å². The van der Waals surface area contributed by atoms with Gasteiger partial charge in [0.25, 0.3) is 0 Å². The molecule has 2 aliphatic heterocycles. The number of hydrogen-bond acceptors (Lipinski definition) is 3. The molecular formula is C17H25NO3S. The molecule has 0 aliphatic carbocycles. The molecule has 4 nitrogen and oxygen atoms in total. The molecule has 2 fully saturated rings. The topological polar surface area (TPSA) is 46.6 Å². The van der Waals surface area contributed by atoms with Crippen molar-refractivity contribution in [3.63, 3.8) is 0 Å². The molecule has 0 radical (unpaired) electrons. The SMILES string of the molecule is Cc1cccc([C@H]2CCCN2S(=O)(=O)C2CCOCC2)c1C. The minimum atomic E-state index is -3.24. The van der Waals surface area contributed by atoms with E-state index in [0.29, 0.717) is 32.6 Å². The van der Waals surface area contributed by atoms with Gasteiger partial charge in [-0.1, -0.05) is 18.2 Å². The highest BCUT2D eigenvalue weighted by Gasteiger charge is 2.40. The Balaban J connectivity index is 1.91. The molecule has 0 bridgehead atoms. The Hall–Kier alpha value is -0.910. The average Bonchev–Trinajstić information content (AvgIpc) is 3.01. The molecule has 0 saturated carbocycles. The number of benzene rings is 1. The fourth-order valence-corrected chi connectivity index (χ4v) is 5.78. The van der Waals surface area contributed by atoms with E-state index in [4.69, 9.17) is 4.74 Å². The first-order valence-electron chi connectivity index (χ1n) is 8.16. The summed E-state index contributed by atoms with van der Waals surface area (Å²) in [4.78, 5) is 0. The van der Waals surface area contributed by atoms with Crippen LogP contribution in [0, 0.1) is 13.8 Å². The van der Waals surface area contributed by atoms with E-state index in [9.17, 15) is 8.42 Å². The maximum atomic E-state index is 13.0. The number of aryl methyl sites for hydroxylation is 1. The fourth-order valence-electron chi connectivity index (χ4n) is 3.66. The van der Waals surface area contributed by atoms with E-state index >= 15 is 0 Å². The third-order valence-corrected chi connectivity index (χ3v) is 7.53. The van der Waals surface area contributed by atoms with E-state index in [1.165, 1.54) is 16.7 Å². The van der Waals surface area contributed by atoms with Crippen molar-refractivity contribution in [2.45, 2.75) is 50.8 Å². The lowest BCUT2D eigenvalue weighted by Gasteiger charge is -2.31. The molecule has 3 rings (SSSR count). The Bertz CT molecular complexity index is 635. The molecule has 22 heavy (non-hydrogen) atoms. The van der Waals surface area contributed by atoms with Crippen LogP contribution in [0.3, 0.4) is 0 Å². The maximum Gasteiger partial charge on any atom is 0.217 e. The van der Waals surface area contributed by atoms with Crippen molar-refractivity contribution in [1.82, 2.24) is 4.31 Å². The minimum Gasteiger partial charge on any atom is -0.381 e. The zero-order chi connectivity index (χ0) is 15.7. The molecule has 2 aliphatic rings. The van der Waals surface area contributed by atoms with Gasteiger partial charge < -0.3 is 4.74 Å². The molecule has 2 saturated heterocycles. The summed E-state index contributed by atoms with van der Waals surface area (Å²) in [5.74, 6) is 0. The average molecular weight is 323 g/mol. The summed E-state index contributed by atoms with van der Waals surface area (Å²) in [6, 6.07) is 6.22. The molecule has 5 heteroatoms. The highest BCUT2D eigenvalue weighted by Crippen LogP contribution is 2.38. The third-order valence-electron chi connectivity index (χ3n) is 5.13. The summed E-state index contributed by atoms with van der Waals surface area (Å²) in [6.07, 6.45) is 3.12. The third kappa shape index (κ3) is 2.82. The van der Waals surface area contributed by atoms with Crippen LogP contribution in [-0.2, 0) is 14.8 Å². The lowest BCUT2D eigenvalue weighted by molar-refractivity contribution is 0.0971. The van der Waals surface area contributed by atoms with Gasteiger partial charge in [-0.25, -0.2) is 8.42 Å². The second kappa shape index (κ2) is 6.30. The van der Waals surface area contributed by atoms with Crippen molar-refractivity contribution in [2.24, 2.45) is 0 Å². The van der Waals surface area contributed by atoms with Gasteiger partial charge in [-0.05, 0) is 56.2 Å². The standard InChI is InChI=1S/C17H25NO3S/c1-13-5-3-6-16(14(13)2)17-7-4-10-18(17)22(19,20)15-8-11-21-12-9-15/h3,5-6,15,17H,4,7-12H2,1-2H3/t17-/m1/s1. The summed E-state index contributed by atoms with van der Waals surface area (Å²) in [5.41, 5.74) is 3.63. The smallest absolute Gasteiger partial charge is 0.217 e. The van der Waals surface area contributed by atoms with Crippen LogP contribution in [0.1, 0.15) is 48.4 Å². The first kappa shape index (κ1) is 16.0. The van der Waals surface area contributed by atoms with Crippen molar-refractivity contribution in [2.75, 3.05) is 19.8 Å². The Morgan fingerprint density at radius 1 is 1.14 bits per heavy atom. The van der Waals surface area contributed by atoms with E-state index in [0.717, 1.165) is 12.8 Å². The van der Waals surface area contributed by atoms with Crippen molar-refractivity contribution >= 4 is 10.0 Å². The van der Waals surface area contributed by atoms with Crippen LogP contribution in [0.5, 0.6) is 0 Å². The quantitative estimate of drug-likeness (QED) is 0.859. The van der Waals surface area contributed by atoms with Gasteiger partial charge in [0.2, 0.25) is 10.0 Å². The highest BCUT2D eigenvalue weighted by atomic mass is 32.2. The van der Waals surface area contributed by atoms with E-state index in [2.05, 4.69) is 26.0 Å². The van der Waals surface area contributed by atoms with E-state index in [1.807, 2.05) is 6.07 Å².